The van der Waals surface area contributed by atoms with Crippen molar-refractivity contribution in [2.24, 2.45) is 0 Å². The zero-order chi connectivity index (χ0) is 15.0. The molecule has 1 rings (SSSR count). The number of aliphatic hydroxyl groups excluding tert-OH is 1. The van der Waals surface area contributed by atoms with E-state index in [1.54, 1.807) is 0 Å². The minimum absolute atomic E-state index is 0.148. The summed E-state index contributed by atoms with van der Waals surface area (Å²) in [5.41, 5.74) is 1.09. The Hall–Kier alpha value is -2.08. The molecule has 0 aliphatic carbocycles. The van der Waals surface area contributed by atoms with Gasteiger partial charge in [-0.3, -0.25) is 4.79 Å². The van der Waals surface area contributed by atoms with Crippen molar-refractivity contribution in [3.05, 3.63) is 29.8 Å². The van der Waals surface area contributed by atoms with E-state index in [1.807, 2.05) is 31.2 Å². The van der Waals surface area contributed by atoms with Gasteiger partial charge in [-0.2, -0.15) is 0 Å². The van der Waals surface area contributed by atoms with Gasteiger partial charge in [-0.25, -0.2) is 4.79 Å². The Morgan fingerprint density at radius 1 is 1.40 bits per heavy atom. The van der Waals surface area contributed by atoms with Crippen LogP contribution >= 0.6 is 0 Å². The molecule has 110 valence electrons. The number of rotatable bonds is 8. The quantitative estimate of drug-likeness (QED) is 0.610. The third-order valence-corrected chi connectivity index (χ3v) is 2.62. The van der Waals surface area contributed by atoms with Crippen molar-refractivity contribution in [1.82, 2.24) is 5.32 Å². The van der Waals surface area contributed by atoms with Crippen molar-refractivity contribution in [1.29, 1.82) is 0 Å². The van der Waals surface area contributed by atoms with Crippen LogP contribution in [0.15, 0.2) is 24.3 Å². The highest BCUT2D eigenvalue weighted by Crippen LogP contribution is 2.12. The fourth-order valence-electron chi connectivity index (χ4n) is 1.58. The first-order valence-corrected chi connectivity index (χ1v) is 6.35. The molecule has 20 heavy (non-hydrogen) atoms. The predicted molar refractivity (Wildman–Crippen MR) is 72.6 cm³/mol. The molecule has 6 nitrogen and oxygen atoms in total. The van der Waals surface area contributed by atoms with Crippen molar-refractivity contribution in [3.8, 4) is 5.75 Å². The summed E-state index contributed by atoms with van der Waals surface area (Å²) in [7, 11) is 0. The van der Waals surface area contributed by atoms with E-state index in [2.05, 4.69) is 5.32 Å². The van der Waals surface area contributed by atoms with Gasteiger partial charge in [0, 0.05) is 6.42 Å². The highest BCUT2D eigenvalue weighted by Gasteiger charge is 2.18. The lowest BCUT2D eigenvalue weighted by atomic mass is 10.2. The number of aliphatic carboxylic acids is 1. The summed E-state index contributed by atoms with van der Waals surface area (Å²) in [6.07, 6.45) is 0.618. The monoisotopic (exact) mass is 281 g/mol. The molecule has 6 heteroatoms. The Kier molecular flexibility index (Phi) is 6.52. The van der Waals surface area contributed by atoms with Crippen LogP contribution in [0.5, 0.6) is 5.75 Å². The average Bonchev–Trinajstić information content (AvgIpc) is 2.40. The molecule has 0 saturated carbocycles. The largest absolute Gasteiger partial charge is 0.494 e. The number of hydrogen-bond acceptors (Lipinski definition) is 4. The number of carboxylic acids is 1. The second-order valence-electron chi connectivity index (χ2n) is 4.41. The number of hydrogen-bond donors (Lipinski definition) is 3. The lowest BCUT2D eigenvalue weighted by Gasteiger charge is -2.11. The van der Waals surface area contributed by atoms with Crippen molar-refractivity contribution in [2.45, 2.75) is 25.8 Å². The van der Waals surface area contributed by atoms with Crippen molar-refractivity contribution >= 4 is 11.9 Å². The van der Waals surface area contributed by atoms with Gasteiger partial charge in [0.15, 0.2) is 0 Å². The van der Waals surface area contributed by atoms with Crippen LogP contribution in [0.25, 0.3) is 0 Å². The zero-order valence-electron chi connectivity index (χ0n) is 11.3. The van der Waals surface area contributed by atoms with Gasteiger partial charge in [0.1, 0.15) is 11.8 Å². The summed E-state index contributed by atoms with van der Waals surface area (Å²) in [6, 6.07) is 6.32. The summed E-state index contributed by atoms with van der Waals surface area (Å²) in [6.45, 7) is 1.70. The van der Waals surface area contributed by atoms with Gasteiger partial charge in [0.25, 0.3) is 0 Å². The Balaban J connectivity index is 2.24. The van der Waals surface area contributed by atoms with Gasteiger partial charge in [-0.1, -0.05) is 12.1 Å². The van der Waals surface area contributed by atoms with Crippen LogP contribution < -0.4 is 10.1 Å². The molecule has 3 N–H and O–H groups in total. The molecule has 1 aromatic rings. The first-order valence-electron chi connectivity index (χ1n) is 6.35. The van der Waals surface area contributed by atoms with E-state index in [1.165, 1.54) is 0 Å². The molecule has 0 bridgehead atoms. The number of benzene rings is 1. The number of aliphatic hydroxyl groups is 1. The SMILES string of the molecule is Cc1cccc(OCCCC(=O)N[C@H](CO)C(=O)O)c1. The minimum atomic E-state index is -1.25. The third kappa shape index (κ3) is 5.71. The van der Waals surface area contributed by atoms with Crippen LogP contribution in [-0.4, -0.2) is 41.3 Å². The fraction of sp³-hybridized carbons (Fsp3) is 0.429. The van der Waals surface area contributed by atoms with Gasteiger partial charge in [0.2, 0.25) is 5.91 Å². The molecule has 0 fully saturated rings. The molecule has 1 aromatic carbocycles. The lowest BCUT2D eigenvalue weighted by molar-refractivity contribution is -0.142. The number of aryl methyl sites for hydroxylation is 1. The lowest BCUT2D eigenvalue weighted by Crippen LogP contribution is -2.43. The number of carbonyl (C=O) groups excluding carboxylic acids is 1. The van der Waals surface area contributed by atoms with Crippen LogP contribution in [0.2, 0.25) is 0 Å². The van der Waals surface area contributed by atoms with Crippen LogP contribution in [0.3, 0.4) is 0 Å². The molecule has 0 saturated heterocycles. The highest BCUT2D eigenvalue weighted by molar-refractivity contribution is 5.83. The Morgan fingerprint density at radius 2 is 2.15 bits per heavy atom. The standard InChI is InChI=1S/C14H19NO5/c1-10-4-2-5-11(8-10)20-7-3-6-13(17)15-12(9-16)14(18)19/h2,4-5,8,12,16H,3,6-7,9H2,1H3,(H,15,17)(H,18,19)/t12-/m1/s1. The van der Waals surface area contributed by atoms with Crippen molar-refractivity contribution in [3.63, 3.8) is 0 Å². The normalized spacial score (nSPS) is 11.7. The molecule has 0 aromatic heterocycles. The number of ether oxygens (including phenoxy) is 1. The average molecular weight is 281 g/mol. The van der Waals surface area contributed by atoms with Gasteiger partial charge in [-0.15, -0.1) is 0 Å². The topological polar surface area (TPSA) is 95.9 Å². The molecule has 0 aliphatic heterocycles. The smallest absolute Gasteiger partial charge is 0.328 e. The second-order valence-corrected chi connectivity index (χ2v) is 4.41. The van der Waals surface area contributed by atoms with Gasteiger partial charge >= 0.3 is 5.97 Å². The summed E-state index contributed by atoms with van der Waals surface area (Å²) in [5, 5.41) is 19.7. The molecular formula is C14H19NO5. The van der Waals surface area contributed by atoms with Crippen LogP contribution in [0.1, 0.15) is 18.4 Å². The van der Waals surface area contributed by atoms with E-state index < -0.39 is 24.5 Å². The fourth-order valence-corrected chi connectivity index (χ4v) is 1.58. The minimum Gasteiger partial charge on any atom is -0.494 e. The number of carboxylic acid groups (broad SMARTS) is 1. The highest BCUT2D eigenvalue weighted by atomic mass is 16.5. The maximum absolute atomic E-state index is 11.4. The summed E-state index contributed by atoms with van der Waals surface area (Å²) in [5.74, 6) is -0.930. The molecule has 0 spiro atoms. The third-order valence-electron chi connectivity index (χ3n) is 2.62. The van der Waals surface area contributed by atoms with Crippen molar-refractivity contribution in [2.75, 3.05) is 13.2 Å². The van der Waals surface area contributed by atoms with E-state index in [0.717, 1.165) is 11.3 Å². The Bertz CT molecular complexity index is 461. The maximum Gasteiger partial charge on any atom is 0.328 e. The summed E-state index contributed by atoms with van der Waals surface area (Å²) >= 11 is 0. The van der Waals surface area contributed by atoms with E-state index in [4.69, 9.17) is 14.9 Å². The first kappa shape index (κ1) is 16.0. The second kappa shape index (κ2) is 8.16. The predicted octanol–water partition coefficient (Wildman–Crippen LogP) is 0.716. The molecule has 1 atom stereocenters. The maximum atomic E-state index is 11.4. The number of amides is 1. The number of carbonyl (C=O) groups is 2. The van der Waals surface area contributed by atoms with E-state index in [9.17, 15) is 9.59 Å². The van der Waals surface area contributed by atoms with Crippen LogP contribution in [0, 0.1) is 6.92 Å². The van der Waals surface area contributed by atoms with Gasteiger partial charge in [0.05, 0.1) is 13.2 Å². The number of nitrogens with one attached hydrogen (secondary N) is 1. The van der Waals surface area contributed by atoms with Gasteiger partial charge in [-0.05, 0) is 31.0 Å². The molecule has 0 radical (unpaired) electrons. The molecule has 0 unspecified atom stereocenters. The summed E-state index contributed by atoms with van der Waals surface area (Å²) in [4.78, 5) is 22.1. The molecular weight excluding hydrogens is 262 g/mol. The first-order chi connectivity index (χ1) is 9.52. The molecule has 1 amide bonds. The Morgan fingerprint density at radius 3 is 2.75 bits per heavy atom. The zero-order valence-corrected chi connectivity index (χ0v) is 11.3. The van der Waals surface area contributed by atoms with Crippen LogP contribution in [0.4, 0.5) is 0 Å². The molecule has 0 heterocycles. The van der Waals surface area contributed by atoms with Crippen molar-refractivity contribution < 1.29 is 24.5 Å². The summed E-state index contributed by atoms with van der Waals surface area (Å²) < 4.78 is 5.47. The van der Waals surface area contributed by atoms with Crippen LogP contribution in [-0.2, 0) is 9.59 Å². The van der Waals surface area contributed by atoms with E-state index >= 15 is 0 Å². The molecule has 0 aliphatic rings. The van der Waals surface area contributed by atoms with Gasteiger partial charge < -0.3 is 20.3 Å². The van der Waals surface area contributed by atoms with E-state index in [0.29, 0.717) is 13.0 Å². The Labute approximate surface area is 117 Å². The van der Waals surface area contributed by atoms with E-state index in [-0.39, 0.29) is 6.42 Å².